The van der Waals surface area contributed by atoms with E-state index in [1.54, 1.807) is 31.3 Å². The molecule has 13 heteroatoms. The Hall–Kier alpha value is -3.82. The summed E-state index contributed by atoms with van der Waals surface area (Å²) in [4.78, 5) is 24.6. The van der Waals surface area contributed by atoms with Crippen LogP contribution in [-0.4, -0.2) is 49.9 Å². The van der Waals surface area contributed by atoms with Crippen LogP contribution >= 0.6 is 38.5 Å². The molecule has 0 bridgehead atoms. The minimum atomic E-state index is -1.12. The molecule has 2 amide bonds. The number of halogens is 2. The smallest absolute Gasteiger partial charge is 0.337 e. The minimum absolute atomic E-state index is 0.137. The van der Waals surface area contributed by atoms with E-state index in [0.717, 1.165) is 15.6 Å². The summed E-state index contributed by atoms with van der Waals surface area (Å²) in [6.45, 7) is 4.10. The van der Waals surface area contributed by atoms with Crippen LogP contribution < -0.4 is 30.3 Å². The molecule has 4 N–H and O–H groups in total. The van der Waals surface area contributed by atoms with Gasteiger partial charge in [-0.25, -0.2) is 9.59 Å². The fourth-order valence-electron chi connectivity index (χ4n) is 4.28. The highest BCUT2D eigenvalue weighted by molar-refractivity contribution is 14.1. The summed E-state index contributed by atoms with van der Waals surface area (Å²) < 4.78 is 24.3. The molecule has 0 unspecified atom stereocenters. The second kappa shape index (κ2) is 15.8. The third-order valence-electron chi connectivity index (χ3n) is 6.37. The first-order chi connectivity index (χ1) is 21.2. The molecule has 0 saturated carbocycles. The van der Waals surface area contributed by atoms with Crippen molar-refractivity contribution in [3.05, 3.63) is 96.7 Å². The zero-order valence-electron chi connectivity index (χ0n) is 24.2. The maximum Gasteiger partial charge on any atom is 0.337 e. The van der Waals surface area contributed by atoms with Gasteiger partial charge in [0.15, 0.2) is 17.7 Å². The molecule has 0 spiro atoms. The first-order valence-electron chi connectivity index (χ1n) is 13.6. The molecule has 2 atom stereocenters. The number of hydrogen-bond acceptors (Lipinski definition) is 9. The monoisotopic (exact) mass is 778 g/mol. The maximum absolute atomic E-state index is 12.4. The van der Waals surface area contributed by atoms with Crippen molar-refractivity contribution in [2.75, 3.05) is 20.3 Å². The van der Waals surface area contributed by atoms with Gasteiger partial charge < -0.3 is 34.7 Å². The second-order valence-corrected chi connectivity index (χ2v) is 11.6. The van der Waals surface area contributed by atoms with E-state index in [9.17, 15) is 14.7 Å². The number of nitrogens with one attached hydrogen (secondary N) is 3. The number of esters is 1. The molecule has 232 valence electrons. The number of rotatable bonds is 13. The normalized spacial score (nSPS) is 15.3. The van der Waals surface area contributed by atoms with Crippen molar-refractivity contribution in [1.82, 2.24) is 16.1 Å². The largest absolute Gasteiger partial charge is 0.490 e. The van der Waals surface area contributed by atoms with E-state index in [4.69, 9.17) is 18.9 Å². The van der Waals surface area contributed by atoms with E-state index in [1.165, 1.54) is 10.7 Å². The van der Waals surface area contributed by atoms with Crippen LogP contribution in [0.4, 0.5) is 4.79 Å². The van der Waals surface area contributed by atoms with Crippen LogP contribution in [0, 0.1) is 3.57 Å². The lowest BCUT2D eigenvalue weighted by atomic mass is 9.95. The Bertz CT molecular complexity index is 1550. The topological polar surface area (TPSA) is 140 Å². The molecule has 0 fully saturated rings. The number of carbonyl (C=O) groups excluding carboxylic acids is 2. The Kier molecular flexibility index (Phi) is 11.9. The van der Waals surface area contributed by atoms with Crippen molar-refractivity contribution < 1.29 is 33.6 Å². The molecule has 1 aliphatic heterocycles. The lowest BCUT2D eigenvalue weighted by Crippen LogP contribution is -2.45. The summed E-state index contributed by atoms with van der Waals surface area (Å²) in [5, 5.41) is 19.9. The fraction of sp³-hybridized carbons (Fsp3) is 0.258. The SMILES string of the molecule is CCOc1cc([C@@H]2NC(=O)NC(C)=C2C(=O)OC)ccc1OC[C@@H](O)N/N=C\c1ccc(OCc2ccc(I)cc2)c(Br)c1. The van der Waals surface area contributed by atoms with Gasteiger partial charge in [0.1, 0.15) is 19.0 Å². The number of allylic oxidation sites excluding steroid dienone is 1. The number of methoxy groups -OCH3 is 1. The maximum atomic E-state index is 12.4. The Labute approximate surface area is 277 Å². The van der Waals surface area contributed by atoms with Crippen molar-refractivity contribution in [2.24, 2.45) is 5.10 Å². The van der Waals surface area contributed by atoms with Crippen LogP contribution in [0.2, 0.25) is 0 Å². The number of nitrogens with zero attached hydrogens (tertiary/aromatic N) is 1. The number of aliphatic hydroxyl groups excluding tert-OH is 1. The number of ether oxygens (including phenoxy) is 4. The summed E-state index contributed by atoms with van der Waals surface area (Å²) in [6, 6.07) is 17.5. The van der Waals surface area contributed by atoms with Crippen LogP contribution in [-0.2, 0) is 16.1 Å². The average molecular weight is 779 g/mol. The molecule has 44 heavy (non-hydrogen) atoms. The van der Waals surface area contributed by atoms with Crippen molar-refractivity contribution in [3.63, 3.8) is 0 Å². The number of hydrogen-bond donors (Lipinski definition) is 4. The van der Waals surface area contributed by atoms with Crippen molar-refractivity contribution >= 4 is 56.7 Å². The van der Waals surface area contributed by atoms with Crippen LogP contribution in [0.5, 0.6) is 17.2 Å². The van der Waals surface area contributed by atoms with Gasteiger partial charge in [-0.2, -0.15) is 5.10 Å². The van der Waals surface area contributed by atoms with Crippen LogP contribution in [0.15, 0.2) is 81.5 Å². The summed E-state index contributed by atoms with van der Waals surface area (Å²) in [6.07, 6.45) is 0.444. The quantitative estimate of drug-likeness (QED) is 0.0615. The standard InChI is InChI=1S/C31H32BrIN4O7/c1-4-42-26-14-21(29-28(30(39)41-3)18(2)35-31(40)36-29)8-12-25(26)44-17-27(38)37-34-15-20-7-11-24(23(32)13-20)43-16-19-5-9-22(33)10-6-19/h5-15,27,29,37-38H,4,16-17H2,1-3H3,(H2,35,36,40)/b34-15-/t27-,29+/m1/s1. The molecule has 4 rings (SSSR count). The molecule has 0 aromatic heterocycles. The molecular weight excluding hydrogens is 747 g/mol. The molecule has 1 heterocycles. The fourth-order valence-corrected chi connectivity index (χ4v) is 5.15. The summed E-state index contributed by atoms with van der Waals surface area (Å²) in [5.74, 6) is 0.881. The zero-order valence-corrected chi connectivity index (χ0v) is 28.0. The Morgan fingerprint density at radius 3 is 2.55 bits per heavy atom. The Morgan fingerprint density at radius 2 is 1.84 bits per heavy atom. The van der Waals surface area contributed by atoms with Crippen molar-refractivity contribution in [1.29, 1.82) is 0 Å². The molecule has 3 aromatic rings. The number of carbonyl (C=O) groups is 2. The zero-order chi connectivity index (χ0) is 31.6. The third-order valence-corrected chi connectivity index (χ3v) is 7.71. The van der Waals surface area contributed by atoms with Crippen LogP contribution in [0.3, 0.4) is 0 Å². The molecule has 0 aliphatic carbocycles. The van der Waals surface area contributed by atoms with Gasteiger partial charge in [0, 0.05) is 9.27 Å². The highest BCUT2D eigenvalue weighted by atomic mass is 127. The summed E-state index contributed by atoms with van der Waals surface area (Å²) >= 11 is 5.80. The van der Waals surface area contributed by atoms with E-state index in [2.05, 4.69) is 59.7 Å². The van der Waals surface area contributed by atoms with Crippen molar-refractivity contribution in [2.45, 2.75) is 32.7 Å². The Balaban J connectivity index is 1.34. The van der Waals surface area contributed by atoms with Crippen molar-refractivity contribution in [3.8, 4) is 17.2 Å². The first kappa shape index (κ1) is 33.1. The van der Waals surface area contributed by atoms with Crippen LogP contribution in [0.25, 0.3) is 0 Å². The first-order valence-corrected chi connectivity index (χ1v) is 15.4. The lowest BCUT2D eigenvalue weighted by molar-refractivity contribution is -0.136. The van der Waals surface area contributed by atoms with Gasteiger partial charge in [-0.05, 0) is 112 Å². The van der Waals surface area contributed by atoms with Gasteiger partial charge in [-0.1, -0.05) is 18.2 Å². The third kappa shape index (κ3) is 8.86. The molecule has 3 aromatic carbocycles. The van der Waals surface area contributed by atoms with Gasteiger partial charge in [0.2, 0.25) is 0 Å². The van der Waals surface area contributed by atoms with E-state index in [0.29, 0.717) is 41.7 Å². The van der Waals surface area contributed by atoms with E-state index >= 15 is 0 Å². The molecule has 0 saturated heterocycles. The van der Waals surface area contributed by atoms with Crippen LogP contribution in [0.1, 0.15) is 36.6 Å². The summed E-state index contributed by atoms with van der Waals surface area (Å²) in [5.41, 5.74) is 5.76. The van der Waals surface area contributed by atoms with Gasteiger partial charge in [-0.15, -0.1) is 0 Å². The predicted octanol–water partition coefficient (Wildman–Crippen LogP) is 5.15. The molecule has 11 nitrogen and oxygen atoms in total. The molecule has 1 aliphatic rings. The predicted molar refractivity (Wildman–Crippen MR) is 177 cm³/mol. The highest BCUT2D eigenvalue weighted by Gasteiger charge is 2.32. The molecule has 0 radical (unpaired) electrons. The lowest BCUT2D eigenvalue weighted by Gasteiger charge is -2.28. The second-order valence-electron chi connectivity index (χ2n) is 9.52. The molecular formula is C31H32BrIN4O7. The van der Waals surface area contributed by atoms with E-state index < -0.39 is 24.3 Å². The highest BCUT2D eigenvalue weighted by Crippen LogP contribution is 2.35. The number of amides is 2. The number of urea groups is 1. The van der Waals surface area contributed by atoms with Gasteiger partial charge in [-0.3, -0.25) is 5.43 Å². The number of aliphatic hydroxyl groups is 1. The minimum Gasteiger partial charge on any atom is -0.490 e. The van der Waals surface area contributed by atoms with Gasteiger partial charge in [0.25, 0.3) is 0 Å². The average Bonchev–Trinajstić information content (AvgIpc) is 3.00. The van der Waals surface area contributed by atoms with E-state index in [-0.39, 0.29) is 12.2 Å². The number of hydrazone groups is 1. The Morgan fingerprint density at radius 1 is 1.09 bits per heavy atom. The number of benzene rings is 3. The van der Waals surface area contributed by atoms with Gasteiger partial charge >= 0.3 is 12.0 Å². The van der Waals surface area contributed by atoms with Gasteiger partial charge in [0.05, 0.1) is 36.0 Å². The summed E-state index contributed by atoms with van der Waals surface area (Å²) in [7, 11) is 1.28. The van der Waals surface area contributed by atoms with E-state index in [1.807, 2.05) is 49.4 Å².